The first-order chi connectivity index (χ1) is 10.0. The lowest BCUT2D eigenvalue weighted by Crippen LogP contribution is -2.13. The highest BCUT2D eigenvalue weighted by Crippen LogP contribution is 2.30. The molecule has 2 nitrogen and oxygen atoms in total. The number of hydrogen-bond donors (Lipinski definition) is 1. The molecule has 0 radical (unpaired) electrons. The van der Waals surface area contributed by atoms with Gasteiger partial charge in [0.1, 0.15) is 17.2 Å². The summed E-state index contributed by atoms with van der Waals surface area (Å²) in [5.74, 6) is 0.414. The quantitative estimate of drug-likeness (QED) is 0.756. The van der Waals surface area contributed by atoms with Gasteiger partial charge in [-0.25, -0.2) is 4.39 Å². The lowest BCUT2D eigenvalue weighted by Gasteiger charge is -2.10. The molecular formula is C17H15ClFNO. The summed E-state index contributed by atoms with van der Waals surface area (Å²) in [6.45, 7) is 1.90. The summed E-state index contributed by atoms with van der Waals surface area (Å²) in [7, 11) is 0. The van der Waals surface area contributed by atoms with Gasteiger partial charge in [-0.05, 0) is 49.2 Å². The molecule has 0 spiro atoms. The van der Waals surface area contributed by atoms with Gasteiger partial charge < -0.3 is 10.2 Å². The van der Waals surface area contributed by atoms with Crippen LogP contribution in [0.5, 0.6) is 0 Å². The summed E-state index contributed by atoms with van der Waals surface area (Å²) < 4.78 is 19.1. The lowest BCUT2D eigenvalue weighted by atomic mass is 10.0. The van der Waals surface area contributed by atoms with Crippen molar-refractivity contribution >= 4 is 22.6 Å². The molecule has 0 fully saturated rings. The maximum atomic E-state index is 13.3. The molecule has 0 bridgehead atoms. The number of benzene rings is 2. The van der Waals surface area contributed by atoms with E-state index in [9.17, 15) is 4.39 Å². The van der Waals surface area contributed by atoms with Crippen molar-refractivity contribution in [2.24, 2.45) is 5.73 Å². The monoisotopic (exact) mass is 303 g/mol. The van der Waals surface area contributed by atoms with Gasteiger partial charge in [0.2, 0.25) is 0 Å². The predicted octanol–water partition coefficient (Wildman–Crippen LogP) is 4.78. The highest BCUT2D eigenvalue weighted by Gasteiger charge is 2.18. The van der Waals surface area contributed by atoms with Gasteiger partial charge in [-0.15, -0.1) is 0 Å². The first-order valence-electron chi connectivity index (χ1n) is 6.73. The van der Waals surface area contributed by atoms with Crippen molar-refractivity contribution in [2.75, 3.05) is 0 Å². The molecule has 108 valence electrons. The third-order valence-corrected chi connectivity index (χ3v) is 3.85. The Labute approximate surface area is 127 Å². The van der Waals surface area contributed by atoms with E-state index in [1.54, 1.807) is 6.07 Å². The second-order valence-electron chi connectivity index (χ2n) is 5.17. The van der Waals surface area contributed by atoms with E-state index in [4.69, 9.17) is 21.8 Å². The largest absolute Gasteiger partial charge is 0.459 e. The van der Waals surface area contributed by atoms with E-state index in [-0.39, 0.29) is 11.9 Å². The van der Waals surface area contributed by atoms with Crippen molar-refractivity contribution in [1.29, 1.82) is 0 Å². The average molecular weight is 304 g/mol. The van der Waals surface area contributed by atoms with Crippen molar-refractivity contribution in [1.82, 2.24) is 0 Å². The van der Waals surface area contributed by atoms with Crippen molar-refractivity contribution in [3.63, 3.8) is 0 Å². The van der Waals surface area contributed by atoms with Gasteiger partial charge in [-0.3, -0.25) is 0 Å². The smallest absolute Gasteiger partial charge is 0.134 e. The van der Waals surface area contributed by atoms with E-state index < -0.39 is 0 Å². The van der Waals surface area contributed by atoms with E-state index in [1.165, 1.54) is 12.1 Å². The van der Waals surface area contributed by atoms with E-state index in [1.807, 2.05) is 31.2 Å². The van der Waals surface area contributed by atoms with Gasteiger partial charge in [0.25, 0.3) is 0 Å². The molecule has 0 aliphatic heterocycles. The van der Waals surface area contributed by atoms with Crippen LogP contribution in [0.25, 0.3) is 11.0 Å². The number of halogens is 2. The van der Waals surface area contributed by atoms with Gasteiger partial charge >= 0.3 is 0 Å². The zero-order valence-corrected chi connectivity index (χ0v) is 12.3. The predicted molar refractivity (Wildman–Crippen MR) is 83.0 cm³/mol. The number of nitrogens with two attached hydrogens (primary N) is 1. The van der Waals surface area contributed by atoms with E-state index in [0.717, 1.165) is 16.5 Å². The fraction of sp³-hybridized carbons (Fsp3) is 0.176. The van der Waals surface area contributed by atoms with Gasteiger partial charge in [-0.2, -0.15) is 0 Å². The van der Waals surface area contributed by atoms with E-state index >= 15 is 0 Å². The summed E-state index contributed by atoms with van der Waals surface area (Å²) in [5, 5.41) is 1.45. The zero-order chi connectivity index (χ0) is 15.0. The molecule has 0 saturated heterocycles. The van der Waals surface area contributed by atoms with Crippen molar-refractivity contribution in [2.45, 2.75) is 19.4 Å². The normalized spacial score (nSPS) is 12.8. The third kappa shape index (κ3) is 2.80. The second-order valence-corrected chi connectivity index (χ2v) is 5.61. The molecule has 21 heavy (non-hydrogen) atoms. The lowest BCUT2D eigenvalue weighted by molar-refractivity contribution is 0.490. The number of aryl methyl sites for hydroxylation is 1. The summed E-state index contributed by atoms with van der Waals surface area (Å²) >= 11 is 5.98. The number of furan rings is 1. The summed E-state index contributed by atoms with van der Waals surface area (Å²) in [6, 6.07) is 11.8. The van der Waals surface area contributed by atoms with Crippen molar-refractivity contribution < 1.29 is 8.81 Å². The average Bonchev–Trinajstić information content (AvgIpc) is 2.76. The Morgan fingerprint density at radius 2 is 2.05 bits per heavy atom. The Kier molecular flexibility index (Phi) is 3.70. The van der Waals surface area contributed by atoms with Crippen LogP contribution in [0.15, 0.2) is 46.9 Å². The molecule has 2 aromatic carbocycles. The third-order valence-electron chi connectivity index (χ3n) is 3.62. The molecule has 3 aromatic rings. The Balaban J connectivity index is 1.94. The van der Waals surface area contributed by atoms with E-state index in [0.29, 0.717) is 22.8 Å². The number of fused-ring (bicyclic) bond motifs is 1. The zero-order valence-electron chi connectivity index (χ0n) is 11.6. The number of hydrogen-bond acceptors (Lipinski definition) is 2. The van der Waals surface area contributed by atoms with Crippen LogP contribution in [-0.4, -0.2) is 0 Å². The molecule has 1 unspecified atom stereocenters. The van der Waals surface area contributed by atoms with Crippen LogP contribution in [0, 0.1) is 12.7 Å². The van der Waals surface area contributed by atoms with Gasteiger partial charge in [-0.1, -0.05) is 23.7 Å². The number of rotatable bonds is 3. The van der Waals surface area contributed by atoms with Crippen LogP contribution in [0.2, 0.25) is 5.02 Å². The topological polar surface area (TPSA) is 39.2 Å². The molecule has 0 aliphatic carbocycles. The second kappa shape index (κ2) is 5.51. The minimum atomic E-state index is -0.293. The van der Waals surface area contributed by atoms with Crippen LogP contribution in [0.3, 0.4) is 0 Å². The molecule has 0 saturated carbocycles. The maximum absolute atomic E-state index is 13.3. The highest BCUT2D eigenvalue weighted by atomic mass is 35.5. The molecular weight excluding hydrogens is 289 g/mol. The van der Waals surface area contributed by atoms with Gasteiger partial charge in [0.15, 0.2) is 0 Å². The standard InChI is InChI=1S/C17H15ClFNO/c1-10-14-9-13(19)5-6-16(14)21-17(10)15(20)8-11-3-2-4-12(18)7-11/h2-7,9,15H,8,20H2,1H3. The molecule has 0 amide bonds. The molecule has 0 aliphatic rings. The molecule has 3 rings (SSSR count). The fourth-order valence-corrected chi connectivity index (χ4v) is 2.79. The van der Waals surface area contributed by atoms with Crippen LogP contribution in [0.4, 0.5) is 4.39 Å². The molecule has 1 heterocycles. The fourth-order valence-electron chi connectivity index (χ4n) is 2.58. The molecule has 4 heteroatoms. The van der Waals surface area contributed by atoms with Crippen molar-refractivity contribution in [3.8, 4) is 0 Å². The van der Waals surface area contributed by atoms with E-state index in [2.05, 4.69) is 0 Å². The molecule has 1 atom stereocenters. The van der Waals surface area contributed by atoms with Crippen LogP contribution >= 0.6 is 11.6 Å². The summed E-state index contributed by atoms with van der Waals surface area (Å²) in [5.41, 5.74) is 8.84. The molecule has 1 aromatic heterocycles. The highest BCUT2D eigenvalue weighted by molar-refractivity contribution is 6.30. The van der Waals surface area contributed by atoms with Crippen molar-refractivity contribution in [3.05, 3.63) is 70.2 Å². The van der Waals surface area contributed by atoms with Gasteiger partial charge in [0, 0.05) is 16.0 Å². The Bertz CT molecular complexity index is 797. The van der Waals surface area contributed by atoms with Crippen LogP contribution < -0.4 is 5.73 Å². The Hall–Kier alpha value is -1.84. The van der Waals surface area contributed by atoms with Gasteiger partial charge in [0.05, 0.1) is 6.04 Å². The summed E-state index contributed by atoms with van der Waals surface area (Å²) in [4.78, 5) is 0. The summed E-state index contributed by atoms with van der Waals surface area (Å²) in [6.07, 6.45) is 0.615. The minimum Gasteiger partial charge on any atom is -0.459 e. The maximum Gasteiger partial charge on any atom is 0.134 e. The van der Waals surface area contributed by atoms with Crippen LogP contribution in [-0.2, 0) is 6.42 Å². The first-order valence-corrected chi connectivity index (χ1v) is 7.11. The Morgan fingerprint density at radius 3 is 2.81 bits per heavy atom. The SMILES string of the molecule is Cc1c(C(N)Cc2cccc(Cl)c2)oc2ccc(F)cc12. The van der Waals surface area contributed by atoms with Crippen LogP contribution in [0.1, 0.15) is 22.9 Å². The Morgan fingerprint density at radius 1 is 1.24 bits per heavy atom. The minimum absolute atomic E-state index is 0.277. The molecule has 2 N–H and O–H groups in total. The first kappa shape index (κ1) is 14.1.